The molecular formula is C26H25FN4O3S. The van der Waals surface area contributed by atoms with Gasteiger partial charge in [-0.25, -0.2) is 14.4 Å². The van der Waals surface area contributed by atoms with Crippen molar-refractivity contribution in [3.05, 3.63) is 63.4 Å². The molecule has 35 heavy (non-hydrogen) atoms. The number of nitrogens with zero attached hydrogens (tertiary/aromatic N) is 3. The number of aromatic nitrogens is 2. The molecule has 1 saturated heterocycles. The lowest BCUT2D eigenvalue weighted by Crippen LogP contribution is -2.49. The summed E-state index contributed by atoms with van der Waals surface area (Å²) in [6, 6.07) is 8.33. The number of benzene rings is 2. The molecule has 1 amide bonds. The van der Waals surface area contributed by atoms with Gasteiger partial charge in [-0.3, -0.25) is 4.79 Å². The summed E-state index contributed by atoms with van der Waals surface area (Å²) in [6.45, 7) is 6.88. The number of pyridine rings is 1. The molecule has 180 valence electrons. The summed E-state index contributed by atoms with van der Waals surface area (Å²) in [5.41, 5.74) is 10.1. The molecule has 1 fully saturated rings. The van der Waals surface area contributed by atoms with Crippen LogP contribution in [0, 0.1) is 12.7 Å². The Hall–Kier alpha value is -3.14. The van der Waals surface area contributed by atoms with Gasteiger partial charge in [0, 0.05) is 17.0 Å². The quantitative estimate of drug-likeness (QED) is 0.420. The fraction of sp³-hybridized carbons (Fsp3) is 0.346. The number of hydrogen-bond acceptors (Lipinski definition) is 7. The summed E-state index contributed by atoms with van der Waals surface area (Å²) in [5, 5.41) is 1.68. The molecule has 4 aromatic rings. The van der Waals surface area contributed by atoms with Crippen LogP contribution in [0.5, 0.6) is 0 Å². The zero-order valence-corrected chi connectivity index (χ0v) is 20.5. The van der Waals surface area contributed by atoms with Crippen LogP contribution in [0.4, 0.5) is 10.2 Å². The molecular weight excluding hydrogens is 467 g/mol. The number of fused-ring (bicyclic) bond motifs is 4. The van der Waals surface area contributed by atoms with E-state index in [1.54, 1.807) is 22.3 Å². The number of anilines is 1. The number of amides is 1. The first kappa shape index (κ1) is 22.3. The van der Waals surface area contributed by atoms with Crippen LogP contribution in [0.3, 0.4) is 0 Å². The average molecular weight is 493 g/mol. The highest BCUT2D eigenvalue weighted by molar-refractivity contribution is 7.18. The van der Waals surface area contributed by atoms with Gasteiger partial charge in [-0.1, -0.05) is 6.07 Å². The second kappa shape index (κ2) is 8.22. The van der Waals surface area contributed by atoms with E-state index in [9.17, 15) is 4.79 Å². The molecule has 2 aromatic heterocycles. The molecule has 7 nitrogen and oxygen atoms in total. The molecule has 6 rings (SSSR count). The molecule has 0 aliphatic carbocycles. The van der Waals surface area contributed by atoms with Crippen LogP contribution < -0.4 is 5.73 Å². The number of morpholine rings is 1. The maximum atomic E-state index is 15.4. The minimum atomic E-state index is -0.618. The standard InChI is InChI=1S/C26H25FN4O3S/c1-12-9-33-11-22(15-4-5-20-23(6-15)35-14(3)29-20)31(12)26(32)17-7-16-18-10-34-13(2)24(18)25(28)30-21(16)8-19(17)27/h4-8,12-13,22H,9-11H2,1-3H3,(H2,28,30)/t12-,13-,22-/m1/s1. The number of carbonyl (C=O) groups excluding carboxylic acids is 1. The smallest absolute Gasteiger partial charge is 0.257 e. The number of rotatable bonds is 2. The van der Waals surface area contributed by atoms with Gasteiger partial charge < -0.3 is 20.1 Å². The van der Waals surface area contributed by atoms with Crippen LogP contribution in [0.25, 0.3) is 21.1 Å². The zero-order chi connectivity index (χ0) is 24.4. The third-order valence-corrected chi connectivity index (χ3v) is 7.88. The summed E-state index contributed by atoms with van der Waals surface area (Å²) in [7, 11) is 0. The Balaban J connectivity index is 1.44. The third kappa shape index (κ3) is 3.57. The second-order valence-corrected chi connectivity index (χ2v) is 10.5. The van der Waals surface area contributed by atoms with Crippen molar-refractivity contribution >= 4 is 44.2 Å². The lowest BCUT2D eigenvalue weighted by atomic mass is 9.97. The number of halogens is 1. The van der Waals surface area contributed by atoms with Gasteiger partial charge in [-0.15, -0.1) is 11.3 Å². The van der Waals surface area contributed by atoms with Crippen LogP contribution in [-0.2, 0) is 16.1 Å². The summed E-state index contributed by atoms with van der Waals surface area (Å²) in [6.07, 6.45) is -0.194. The maximum Gasteiger partial charge on any atom is 0.257 e. The highest BCUT2D eigenvalue weighted by Crippen LogP contribution is 2.39. The third-order valence-electron chi connectivity index (χ3n) is 6.95. The van der Waals surface area contributed by atoms with E-state index in [2.05, 4.69) is 16.0 Å². The molecule has 2 N–H and O–H groups in total. The Labute approximate surface area is 205 Å². The van der Waals surface area contributed by atoms with E-state index in [1.165, 1.54) is 6.07 Å². The second-order valence-electron chi connectivity index (χ2n) is 9.27. The van der Waals surface area contributed by atoms with Gasteiger partial charge in [0.25, 0.3) is 5.91 Å². The summed E-state index contributed by atoms with van der Waals surface area (Å²) >= 11 is 1.61. The highest BCUT2D eigenvalue weighted by Gasteiger charge is 2.36. The summed E-state index contributed by atoms with van der Waals surface area (Å²) in [4.78, 5) is 24.6. The van der Waals surface area contributed by atoms with Crippen molar-refractivity contribution in [2.75, 3.05) is 18.9 Å². The topological polar surface area (TPSA) is 90.6 Å². The molecule has 3 atom stereocenters. The molecule has 4 heterocycles. The Morgan fingerprint density at radius 2 is 2.00 bits per heavy atom. The van der Waals surface area contributed by atoms with E-state index in [0.29, 0.717) is 36.5 Å². The van der Waals surface area contributed by atoms with Crippen molar-refractivity contribution in [2.45, 2.75) is 45.6 Å². The predicted octanol–water partition coefficient (Wildman–Crippen LogP) is 5.07. The van der Waals surface area contributed by atoms with Crippen LogP contribution in [0.1, 0.15) is 58.0 Å². The fourth-order valence-electron chi connectivity index (χ4n) is 5.27. The van der Waals surface area contributed by atoms with Crippen LogP contribution in [0.2, 0.25) is 0 Å². The van der Waals surface area contributed by atoms with Crippen LogP contribution in [0.15, 0.2) is 30.3 Å². The Morgan fingerprint density at radius 3 is 2.83 bits per heavy atom. The molecule has 2 aliphatic heterocycles. The normalized spacial score (nSPS) is 22.2. The largest absolute Gasteiger partial charge is 0.383 e. The van der Waals surface area contributed by atoms with Crippen molar-refractivity contribution in [3.63, 3.8) is 0 Å². The number of nitrogens with two attached hydrogens (primary N) is 1. The van der Waals surface area contributed by atoms with Crippen molar-refractivity contribution in [1.82, 2.24) is 14.9 Å². The molecule has 0 saturated carbocycles. The Kier molecular flexibility index (Phi) is 5.24. The monoisotopic (exact) mass is 492 g/mol. The first-order valence-corrected chi connectivity index (χ1v) is 12.4. The number of ether oxygens (including phenoxy) is 2. The van der Waals surface area contributed by atoms with Gasteiger partial charge in [0.05, 0.1) is 64.3 Å². The molecule has 2 aliphatic rings. The van der Waals surface area contributed by atoms with Crippen LogP contribution >= 0.6 is 11.3 Å². The van der Waals surface area contributed by atoms with E-state index in [-0.39, 0.29) is 29.7 Å². The number of aryl methyl sites for hydroxylation is 1. The maximum absolute atomic E-state index is 15.4. The molecule has 0 bridgehead atoms. The fourth-order valence-corrected chi connectivity index (χ4v) is 6.15. The lowest BCUT2D eigenvalue weighted by Gasteiger charge is -2.41. The molecule has 2 aromatic carbocycles. The van der Waals surface area contributed by atoms with Crippen molar-refractivity contribution in [3.8, 4) is 0 Å². The van der Waals surface area contributed by atoms with E-state index in [0.717, 1.165) is 31.9 Å². The highest BCUT2D eigenvalue weighted by atomic mass is 32.1. The minimum absolute atomic E-state index is 0.0132. The number of nitrogen functional groups attached to an aromatic ring is 1. The molecule has 0 radical (unpaired) electrons. The zero-order valence-electron chi connectivity index (χ0n) is 19.7. The van der Waals surface area contributed by atoms with E-state index in [1.807, 2.05) is 32.9 Å². The number of carbonyl (C=O) groups is 1. The molecule has 0 spiro atoms. The Morgan fingerprint density at radius 1 is 1.17 bits per heavy atom. The van der Waals surface area contributed by atoms with Gasteiger partial charge in [-0.2, -0.15) is 0 Å². The summed E-state index contributed by atoms with van der Waals surface area (Å²) < 4.78 is 28.0. The van der Waals surface area contributed by atoms with Gasteiger partial charge in [0.1, 0.15) is 11.6 Å². The predicted molar refractivity (Wildman–Crippen MR) is 133 cm³/mol. The van der Waals surface area contributed by atoms with E-state index >= 15 is 4.39 Å². The SMILES string of the molecule is Cc1nc2ccc([C@H]3COC[C@@H](C)N3C(=O)c3cc4c5c(c(N)nc4cc3F)[C@@H](C)OC5)cc2s1. The Bertz CT molecular complexity index is 1500. The number of thiazole rings is 1. The molecule has 0 unspecified atom stereocenters. The van der Waals surface area contributed by atoms with Gasteiger partial charge in [0.15, 0.2) is 0 Å². The minimum Gasteiger partial charge on any atom is -0.383 e. The lowest BCUT2D eigenvalue weighted by molar-refractivity contribution is -0.0317. The van der Waals surface area contributed by atoms with Gasteiger partial charge in [-0.05, 0) is 50.1 Å². The average Bonchev–Trinajstić information content (AvgIpc) is 3.39. The van der Waals surface area contributed by atoms with E-state index < -0.39 is 5.82 Å². The van der Waals surface area contributed by atoms with Crippen molar-refractivity contribution < 1.29 is 18.7 Å². The first-order valence-electron chi connectivity index (χ1n) is 11.6. The van der Waals surface area contributed by atoms with Crippen LogP contribution in [-0.4, -0.2) is 40.0 Å². The van der Waals surface area contributed by atoms with Gasteiger partial charge in [0.2, 0.25) is 0 Å². The number of hydrogen-bond donors (Lipinski definition) is 1. The first-order chi connectivity index (χ1) is 16.8. The molecule has 9 heteroatoms. The van der Waals surface area contributed by atoms with E-state index in [4.69, 9.17) is 15.2 Å². The summed E-state index contributed by atoms with van der Waals surface area (Å²) in [5.74, 6) is -0.651. The van der Waals surface area contributed by atoms with Crippen molar-refractivity contribution in [1.29, 1.82) is 0 Å². The van der Waals surface area contributed by atoms with Gasteiger partial charge >= 0.3 is 0 Å². The van der Waals surface area contributed by atoms with Crippen molar-refractivity contribution in [2.24, 2.45) is 0 Å².